The SMILES string of the molecule is Nc1nnn(-c2c(Cl)cc(Cl)cc2[N+](=O)[O-])c1C1CC1. The molecule has 0 aliphatic heterocycles. The lowest BCUT2D eigenvalue weighted by Gasteiger charge is -2.09. The largest absolute Gasteiger partial charge is 0.381 e. The maximum absolute atomic E-state index is 11.2. The Labute approximate surface area is 123 Å². The lowest BCUT2D eigenvalue weighted by Crippen LogP contribution is -2.07. The van der Waals surface area contributed by atoms with Gasteiger partial charge in [0, 0.05) is 17.0 Å². The Morgan fingerprint density at radius 2 is 2.10 bits per heavy atom. The van der Waals surface area contributed by atoms with Crippen LogP contribution in [0, 0.1) is 10.1 Å². The number of rotatable bonds is 3. The molecule has 20 heavy (non-hydrogen) atoms. The van der Waals surface area contributed by atoms with Crippen molar-refractivity contribution in [1.82, 2.24) is 15.0 Å². The van der Waals surface area contributed by atoms with E-state index in [2.05, 4.69) is 10.3 Å². The van der Waals surface area contributed by atoms with Gasteiger partial charge in [0.1, 0.15) is 0 Å². The molecule has 0 radical (unpaired) electrons. The van der Waals surface area contributed by atoms with Crippen molar-refractivity contribution in [1.29, 1.82) is 0 Å². The van der Waals surface area contributed by atoms with Gasteiger partial charge in [-0.05, 0) is 18.9 Å². The zero-order valence-corrected chi connectivity index (χ0v) is 11.6. The van der Waals surface area contributed by atoms with Crippen LogP contribution in [-0.2, 0) is 0 Å². The van der Waals surface area contributed by atoms with E-state index >= 15 is 0 Å². The van der Waals surface area contributed by atoms with Crippen LogP contribution in [-0.4, -0.2) is 19.9 Å². The summed E-state index contributed by atoms with van der Waals surface area (Å²) in [6.07, 6.45) is 1.91. The highest BCUT2D eigenvalue weighted by molar-refractivity contribution is 6.36. The van der Waals surface area contributed by atoms with E-state index in [0.717, 1.165) is 12.8 Å². The second-order valence-corrected chi connectivity index (χ2v) is 5.40. The standard InChI is InChI=1S/C11H9Cl2N5O2/c12-6-3-7(13)10(8(4-6)18(19)20)17-9(5-1-2-5)11(14)15-16-17/h3-5H,1-2,14H2. The summed E-state index contributed by atoms with van der Waals surface area (Å²) in [7, 11) is 0. The number of hydrogen-bond acceptors (Lipinski definition) is 5. The van der Waals surface area contributed by atoms with Crippen molar-refractivity contribution in [2.24, 2.45) is 0 Å². The van der Waals surface area contributed by atoms with Gasteiger partial charge in [-0.25, -0.2) is 4.68 Å². The van der Waals surface area contributed by atoms with Crippen molar-refractivity contribution in [2.45, 2.75) is 18.8 Å². The number of halogens is 2. The normalized spacial score (nSPS) is 14.5. The molecule has 3 rings (SSSR count). The third-order valence-electron chi connectivity index (χ3n) is 3.11. The molecule has 0 unspecified atom stereocenters. The van der Waals surface area contributed by atoms with Crippen LogP contribution in [0.15, 0.2) is 12.1 Å². The van der Waals surface area contributed by atoms with Gasteiger partial charge in [-0.2, -0.15) is 0 Å². The minimum Gasteiger partial charge on any atom is -0.381 e. The molecule has 0 spiro atoms. The van der Waals surface area contributed by atoms with Crippen LogP contribution < -0.4 is 5.73 Å². The van der Waals surface area contributed by atoms with Crippen molar-refractivity contribution in [3.05, 3.63) is 38.0 Å². The Morgan fingerprint density at radius 3 is 2.70 bits per heavy atom. The summed E-state index contributed by atoms with van der Waals surface area (Å²) in [5.41, 5.74) is 6.37. The number of nitrogens with zero attached hydrogens (tertiary/aromatic N) is 4. The average molecular weight is 314 g/mol. The van der Waals surface area contributed by atoms with E-state index in [1.807, 2.05) is 0 Å². The molecule has 0 bridgehead atoms. The molecule has 1 aliphatic rings. The molecule has 7 nitrogen and oxygen atoms in total. The van der Waals surface area contributed by atoms with Gasteiger partial charge in [-0.15, -0.1) is 5.10 Å². The lowest BCUT2D eigenvalue weighted by atomic mass is 10.2. The Bertz CT molecular complexity index is 711. The van der Waals surface area contributed by atoms with Crippen LogP contribution in [0.1, 0.15) is 24.5 Å². The highest BCUT2D eigenvalue weighted by Gasteiger charge is 2.33. The summed E-state index contributed by atoms with van der Waals surface area (Å²) in [5.74, 6) is 0.490. The number of hydrogen-bond donors (Lipinski definition) is 1. The Morgan fingerprint density at radius 1 is 1.40 bits per heavy atom. The quantitative estimate of drug-likeness (QED) is 0.693. The number of nitro groups is 1. The smallest absolute Gasteiger partial charge is 0.297 e. The number of anilines is 1. The third-order valence-corrected chi connectivity index (χ3v) is 3.62. The molecule has 9 heteroatoms. The van der Waals surface area contributed by atoms with Crippen molar-refractivity contribution in [3.63, 3.8) is 0 Å². The molecule has 2 aromatic rings. The fourth-order valence-electron chi connectivity index (χ4n) is 2.11. The number of aromatic nitrogens is 3. The second-order valence-electron chi connectivity index (χ2n) is 4.56. The highest BCUT2D eigenvalue weighted by Crippen LogP contribution is 2.44. The zero-order chi connectivity index (χ0) is 14.4. The van der Waals surface area contributed by atoms with Gasteiger partial charge in [0.25, 0.3) is 5.69 Å². The molecule has 0 atom stereocenters. The van der Waals surface area contributed by atoms with Crippen LogP contribution >= 0.6 is 23.2 Å². The first kappa shape index (κ1) is 13.1. The van der Waals surface area contributed by atoms with Gasteiger partial charge in [0.2, 0.25) is 0 Å². The summed E-state index contributed by atoms with van der Waals surface area (Å²) in [6, 6.07) is 2.66. The monoisotopic (exact) mass is 313 g/mol. The Hall–Kier alpha value is -1.86. The predicted molar refractivity (Wildman–Crippen MR) is 74.4 cm³/mol. The maximum Gasteiger partial charge on any atom is 0.297 e. The van der Waals surface area contributed by atoms with Gasteiger partial charge in [-0.1, -0.05) is 28.4 Å². The van der Waals surface area contributed by atoms with Crippen LogP contribution in [0.3, 0.4) is 0 Å². The van der Waals surface area contributed by atoms with E-state index in [1.54, 1.807) is 0 Å². The summed E-state index contributed by atoms with van der Waals surface area (Å²) in [4.78, 5) is 10.6. The van der Waals surface area contributed by atoms with Crippen LogP contribution in [0.5, 0.6) is 0 Å². The number of nitrogens with two attached hydrogens (primary N) is 1. The van der Waals surface area contributed by atoms with Gasteiger partial charge in [-0.3, -0.25) is 10.1 Å². The molecule has 1 fully saturated rings. The molecule has 0 amide bonds. The van der Waals surface area contributed by atoms with E-state index in [-0.39, 0.29) is 33.2 Å². The van der Waals surface area contributed by atoms with Crippen molar-refractivity contribution < 1.29 is 4.92 Å². The van der Waals surface area contributed by atoms with Crippen molar-refractivity contribution in [3.8, 4) is 5.69 Å². The molecule has 1 aromatic carbocycles. The molecule has 1 aliphatic carbocycles. The van der Waals surface area contributed by atoms with Crippen LogP contribution in [0.25, 0.3) is 5.69 Å². The van der Waals surface area contributed by atoms with E-state index in [0.29, 0.717) is 5.69 Å². The molecule has 1 heterocycles. The van der Waals surface area contributed by atoms with Crippen LogP contribution in [0.4, 0.5) is 11.5 Å². The molecular formula is C11H9Cl2N5O2. The predicted octanol–water partition coefficient (Wildman–Crippen LogP) is 2.94. The Balaban J connectivity index is 2.27. The maximum atomic E-state index is 11.2. The van der Waals surface area contributed by atoms with Gasteiger partial charge >= 0.3 is 0 Å². The van der Waals surface area contributed by atoms with E-state index in [4.69, 9.17) is 28.9 Å². The van der Waals surface area contributed by atoms with Crippen LogP contribution in [0.2, 0.25) is 10.0 Å². The topological polar surface area (TPSA) is 99.9 Å². The fourth-order valence-corrected chi connectivity index (χ4v) is 2.67. The van der Waals surface area contributed by atoms with E-state index < -0.39 is 4.92 Å². The minimum atomic E-state index is -0.554. The first-order valence-electron chi connectivity index (χ1n) is 5.84. The Kier molecular flexibility index (Phi) is 3.02. The third kappa shape index (κ3) is 2.08. The van der Waals surface area contributed by atoms with Gasteiger partial charge in [0.15, 0.2) is 11.5 Å². The average Bonchev–Trinajstić information content (AvgIpc) is 3.12. The second kappa shape index (κ2) is 4.60. The van der Waals surface area contributed by atoms with Gasteiger partial charge < -0.3 is 5.73 Å². The summed E-state index contributed by atoms with van der Waals surface area (Å²) in [5, 5.41) is 19.2. The first-order chi connectivity index (χ1) is 9.49. The first-order valence-corrected chi connectivity index (χ1v) is 6.59. The summed E-state index contributed by atoms with van der Waals surface area (Å²) < 4.78 is 1.35. The molecule has 1 saturated carbocycles. The summed E-state index contributed by atoms with van der Waals surface area (Å²) in [6.45, 7) is 0. The van der Waals surface area contributed by atoms with E-state index in [9.17, 15) is 10.1 Å². The highest BCUT2D eigenvalue weighted by atomic mass is 35.5. The fraction of sp³-hybridized carbons (Fsp3) is 0.273. The molecule has 1 aromatic heterocycles. The number of nitro benzene ring substituents is 1. The van der Waals surface area contributed by atoms with Crippen molar-refractivity contribution in [2.75, 3.05) is 5.73 Å². The number of benzene rings is 1. The lowest BCUT2D eigenvalue weighted by molar-refractivity contribution is -0.384. The molecule has 0 saturated heterocycles. The zero-order valence-electron chi connectivity index (χ0n) is 10.1. The van der Waals surface area contributed by atoms with E-state index in [1.165, 1.54) is 16.8 Å². The van der Waals surface area contributed by atoms with Crippen molar-refractivity contribution >= 4 is 34.7 Å². The van der Waals surface area contributed by atoms with Gasteiger partial charge in [0.05, 0.1) is 15.6 Å². The summed E-state index contributed by atoms with van der Waals surface area (Å²) >= 11 is 11.9. The molecule has 104 valence electrons. The minimum absolute atomic E-state index is 0.135. The molecule has 2 N–H and O–H groups in total. The number of nitrogen functional groups attached to an aromatic ring is 1. The molecular weight excluding hydrogens is 305 g/mol.